The molecule has 1 N–H and O–H groups in total. The minimum atomic E-state index is -0.716. The molecule has 110 valence electrons. The van der Waals surface area contributed by atoms with E-state index in [1.54, 1.807) is 6.07 Å². The van der Waals surface area contributed by atoms with Crippen molar-refractivity contribution in [2.24, 2.45) is 5.41 Å². The molecule has 1 aromatic carbocycles. The van der Waals surface area contributed by atoms with Crippen molar-refractivity contribution in [2.75, 3.05) is 13.1 Å². The Morgan fingerprint density at radius 3 is 2.90 bits per heavy atom. The molecule has 0 radical (unpaired) electrons. The van der Waals surface area contributed by atoms with E-state index in [2.05, 4.69) is 4.90 Å². The van der Waals surface area contributed by atoms with Crippen LogP contribution in [0, 0.1) is 18.2 Å². The van der Waals surface area contributed by atoms with Gasteiger partial charge in [0.25, 0.3) is 0 Å². The van der Waals surface area contributed by atoms with Crippen LogP contribution in [0.4, 0.5) is 4.39 Å². The zero-order valence-corrected chi connectivity index (χ0v) is 12.2. The van der Waals surface area contributed by atoms with Crippen LogP contribution in [0.1, 0.15) is 37.3 Å². The molecular weight excluding hydrogens is 257 g/mol. The molecule has 1 atom stereocenters. The number of benzene rings is 1. The van der Waals surface area contributed by atoms with Crippen molar-refractivity contribution in [1.29, 1.82) is 0 Å². The van der Waals surface area contributed by atoms with E-state index in [1.807, 2.05) is 19.9 Å². The van der Waals surface area contributed by atoms with Crippen molar-refractivity contribution in [2.45, 2.75) is 39.7 Å². The molecule has 1 saturated heterocycles. The Hall–Kier alpha value is -1.42. The Bertz CT molecular complexity index is 503. The van der Waals surface area contributed by atoms with E-state index in [4.69, 9.17) is 0 Å². The van der Waals surface area contributed by atoms with E-state index in [9.17, 15) is 14.3 Å². The molecule has 0 aliphatic carbocycles. The first-order chi connectivity index (χ1) is 9.47. The normalized spacial score (nSPS) is 23.1. The Morgan fingerprint density at radius 2 is 2.25 bits per heavy atom. The molecule has 1 aliphatic heterocycles. The van der Waals surface area contributed by atoms with Gasteiger partial charge < -0.3 is 5.11 Å². The fourth-order valence-corrected chi connectivity index (χ4v) is 3.12. The third kappa shape index (κ3) is 3.01. The standard InChI is InChI=1S/C16H22FNO2/c1-3-6-16(15(19)20)7-8-18(11-16)10-13-9-12(2)4-5-14(13)17/h4-5,9H,3,6-8,10-11H2,1-2H3,(H,19,20). The van der Waals surface area contributed by atoms with Crippen molar-refractivity contribution in [3.8, 4) is 0 Å². The van der Waals surface area contributed by atoms with Crippen LogP contribution >= 0.6 is 0 Å². The van der Waals surface area contributed by atoms with Gasteiger partial charge in [0, 0.05) is 18.7 Å². The first kappa shape index (κ1) is 15.0. The lowest BCUT2D eigenvalue weighted by Gasteiger charge is -2.24. The second-order valence-corrected chi connectivity index (χ2v) is 5.89. The van der Waals surface area contributed by atoms with E-state index in [0.29, 0.717) is 31.5 Å². The molecule has 0 aromatic heterocycles. The third-order valence-electron chi connectivity index (χ3n) is 4.21. The van der Waals surface area contributed by atoms with Crippen molar-refractivity contribution in [1.82, 2.24) is 4.90 Å². The van der Waals surface area contributed by atoms with Crippen molar-refractivity contribution < 1.29 is 14.3 Å². The number of carbonyl (C=O) groups is 1. The molecule has 0 saturated carbocycles. The lowest BCUT2D eigenvalue weighted by molar-refractivity contribution is -0.148. The SMILES string of the molecule is CCCC1(C(=O)O)CCN(Cc2cc(C)ccc2F)C1. The summed E-state index contributed by atoms with van der Waals surface area (Å²) in [7, 11) is 0. The number of rotatable bonds is 5. The van der Waals surface area contributed by atoms with Gasteiger partial charge in [-0.2, -0.15) is 0 Å². The molecule has 4 heteroatoms. The van der Waals surface area contributed by atoms with Gasteiger partial charge in [-0.25, -0.2) is 4.39 Å². The van der Waals surface area contributed by atoms with Crippen LogP contribution in [0.15, 0.2) is 18.2 Å². The maximum absolute atomic E-state index is 13.8. The Labute approximate surface area is 119 Å². The molecule has 1 aliphatic rings. The van der Waals surface area contributed by atoms with Crippen LogP contribution < -0.4 is 0 Å². The van der Waals surface area contributed by atoms with Gasteiger partial charge in [-0.3, -0.25) is 9.69 Å². The topological polar surface area (TPSA) is 40.5 Å². The number of carboxylic acids is 1. The number of aryl methyl sites for hydroxylation is 1. The number of carboxylic acid groups (broad SMARTS) is 1. The summed E-state index contributed by atoms with van der Waals surface area (Å²) in [5.41, 5.74) is 1.04. The zero-order chi connectivity index (χ0) is 14.8. The van der Waals surface area contributed by atoms with E-state index in [1.165, 1.54) is 6.07 Å². The quantitative estimate of drug-likeness (QED) is 0.899. The molecule has 1 aromatic rings. The van der Waals surface area contributed by atoms with Crippen LogP contribution in [-0.2, 0) is 11.3 Å². The largest absolute Gasteiger partial charge is 0.481 e. The molecule has 1 fully saturated rings. The maximum atomic E-state index is 13.8. The molecule has 2 rings (SSSR count). The lowest BCUT2D eigenvalue weighted by Crippen LogP contribution is -2.34. The molecule has 3 nitrogen and oxygen atoms in total. The minimum Gasteiger partial charge on any atom is -0.481 e. The van der Waals surface area contributed by atoms with Crippen LogP contribution in [0.3, 0.4) is 0 Å². The number of hydrogen-bond donors (Lipinski definition) is 1. The molecule has 0 spiro atoms. The zero-order valence-electron chi connectivity index (χ0n) is 12.2. The highest BCUT2D eigenvalue weighted by Gasteiger charge is 2.43. The Morgan fingerprint density at radius 1 is 1.50 bits per heavy atom. The molecular formula is C16H22FNO2. The summed E-state index contributed by atoms with van der Waals surface area (Å²) in [6.07, 6.45) is 2.21. The molecule has 0 bridgehead atoms. The summed E-state index contributed by atoms with van der Waals surface area (Å²) < 4.78 is 13.8. The van der Waals surface area contributed by atoms with Gasteiger partial charge >= 0.3 is 5.97 Å². The minimum absolute atomic E-state index is 0.209. The summed E-state index contributed by atoms with van der Waals surface area (Å²) in [6, 6.07) is 5.08. The number of aliphatic carboxylic acids is 1. The van der Waals surface area contributed by atoms with Gasteiger partial charge in [-0.15, -0.1) is 0 Å². The van der Waals surface area contributed by atoms with E-state index < -0.39 is 11.4 Å². The fourth-order valence-electron chi connectivity index (χ4n) is 3.12. The van der Waals surface area contributed by atoms with Gasteiger partial charge in [0.1, 0.15) is 5.82 Å². The van der Waals surface area contributed by atoms with Crippen molar-refractivity contribution in [3.05, 3.63) is 35.1 Å². The van der Waals surface area contributed by atoms with Crippen LogP contribution in [-0.4, -0.2) is 29.1 Å². The third-order valence-corrected chi connectivity index (χ3v) is 4.21. The molecule has 1 heterocycles. The highest BCUT2D eigenvalue weighted by molar-refractivity contribution is 5.75. The summed E-state index contributed by atoms with van der Waals surface area (Å²) in [4.78, 5) is 13.6. The number of nitrogens with zero attached hydrogens (tertiary/aromatic N) is 1. The van der Waals surface area contributed by atoms with Crippen LogP contribution in [0.25, 0.3) is 0 Å². The number of hydrogen-bond acceptors (Lipinski definition) is 2. The van der Waals surface area contributed by atoms with E-state index in [-0.39, 0.29) is 5.82 Å². The van der Waals surface area contributed by atoms with Crippen molar-refractivity contribution in [3.63, 3.8) is 0 Å². The second kappa shape index (κ2) is 5.92. The maximum Gasteiger partial charge on any atom is 0.310 e. The van der Waals surface area contributed by atoms with Gasteiger partial charge in [-0.1, -0.05) is 31.0 Å². The van der Waals surface area contributed by atoms with Gasteiger partial charge in [0.05, 0.1) is 5.41 Å². The molecule has 20 heavy (non-hydrogen) atoms. The van der Waals surface area contributed by atoms with Gasteiger partial charge in [-0.05, 0) is 32.4 Å². The van der Waals surface area contributed by atoms with Crippen molar-refractivity contribution >= 4 is 5.97 Å². The smallest absolute Gasteiger partial charge is 0.310 e. The fraction of sp³-hybridized carbons (Fsp3) is 0.562. The summed E-state index contributed by atoms with van der Waals surface area (Å²) in [5, 5.41) is 9.48. The predicted molar refractivity (Wildman–Crippen MR) is 76.0 cm³/mol. The van der Waals surface area contributed by atoms with Gasteiger partial charge in [0.2, 0.25) is 0 Å². The first-order valence-corrected chi connectivity index (χ1v) is 7.17. The number of halogens is 1. The van der Waals surface area contributed by atoms with Gasteiger partial charge in [0.15, 0.2) is 0 Å². The monoisotopic (exact) mass is 279 g/mol. The average molecular weight is 279 g/mol. The Kier molecular flexibility index (Phi) is 4.43. The van der Waals surface area contributed by atoms with Crippen LogP contribution in [0.2, 0.25) is 0 Å². The predicted octanol–water partition coefficient (Wildman–Crippen LogP) is 3.21. The first-order valence-electron chi connectivity index (χ1n) is 7.17. The second-order valence-electron chi connectivity index (χ2n) is 5.89. The highest BCUT2D eigenvalue weighted by Crippen LogP contribution is 2.36. The molecule has 1 unspecified atom stereocenters. The lowest BCUT2D eigenvalue weighted by atomic mass is 9.83. The summed E-state index contributed by atoms with van der Waals surface area (Å²) >= 11 is 0. The number of likely N-dealkylation sites (tertiary alicyclic amines) is 1. The van der Waals surface area contributed by atoms with E-state index >= 15 is 0 Å². The molecule has 0 amide bonds. The van der Waals surface area contributed by atoms with Crippen LogP contribution in [0.5, 0.6) is 0 Å². The summed E-state index contributed by atoms with van der Waals surface area (Å²) in [6.45, 7) is 5.68. The van der Waals surface area contributed by atoms with E-state index in [0.717, 1.165) is 18.5 Å². The highest BCUT2D eigenvalue weighted by atomic mass is 19.1. The summed E-state index contributed by atoms with van der Waals surface area (Å²) in [5.74, 6) is -0.925. The average Bonchev–Trinajstić information content (AvgIpc) is 2.79. The Balaban J connectivity index is 2.09.